The standard InChI is InChI=1S/C16H16O5/c1-8-4-9(2-3-12(8)18)16-14(20)7-11-13(19)5-10(17)6-15(11)21-16/h2-6,14,16-20H,7H2,1H3/t14-,16-/m1/s1. The summed E-state index contributed by atoms with van der Waals surface area (Å²) in [6.07, 6.45) is -1.21. The molecule has 2 aromatic rings. The first kappa shape index (κ1) is 13.6. The predicted molar refractivity (Wildman–Crippen MR) is 75.7 cm³/mol. The molecule has 0 unspecified atom stereocenters. The Morgan fingerprint density at radius 2 is 1.81 bits per heavy atom. The third kappa shape index (κ3) is 2.36. The lowest BCUT2D eigenvalue weighted by molar-refractivity contribution is 0.0197. The van der Waals surface area contributed by atoms with Gasteiger partial charge in [-0.1, -0.05) is 6.07 Å². The summed E-state index contributed by atoms with van der Waals surface area (Å²) in [4.78, 5) is 0. The lowest BCUT2D eigenvalue weighted by Gasteiger charge is -2.31. The molecule has 4 N–H and O–H groups in total. The number of hydrogen-bond acceptors (Lipinski definition) is 5. The van der Waals surface area contributed by atoms with Crippen LogP contribution in [0.2, 0.25) is 0 Å². The molecule has 21 heavy (non-hydrogen) atoms. The molecule has 110 valence electrons. The van der Waals surface area contributed by atoms with Gasteiger partial charge in [0, 0.05) is 24.1 Å². The molecule has 2 aromatic carbocycles. The summed E-state index contributed by atoms with van der Waals surface area (Å²) in [5, 5.41) is 39.2. The fourth-order valence-corrected chi connectivity index (χ4v) is 2.60. The Morgan fingerprint density at radius 1 is 1.05 bits per heavy atom. The maximum atomic E-state index is 10.3. The van der Waals surface area contributed by atoms with E-state index in [2.05, 4.69) is 0 Å². The highest BCUT2D eigenvalue weighted by Crippen LogP contribution is 2.42. The minimum atomic E-state index is -0.822. The van der Waals surface area contributed by atoms with Gasteiger partial charge in [0.15, 0.2) is 0 Å². The van der Waals surface area contributed by atoms with Crippen LogP contribution in [0, 0.1) is 6.92 Å². The van der Waals surface area contributed by atoms with Crippen molar-refractivity contribution in [2.75, 3.05) is 0 Å². The van der Waals surface area contributed by atoms with E-state index in [0.29, 0.717) is 16.9 Å². The number of aliphatic hydroxyl groups is 1. The average Bonchev–Trinajstić information content (AvgIpc) is 2.42. The number of phenolic OH excluding ortho intramolecular Hbond substituents is 3. The molecule has 0 saturated heterocycles. The molecule has 5 heteroatoms. The molecule has 1 heterocycles. The van der Waals surface area contributed by atoms with Gasteiger partial charge in [0.1, 0.15) is 29.1 Å². The topological polar surface area (TPSA) is 90.2 Å². The van der Waals surface area contributed by atoms with Crippen LogP contribution in [-0.2, 0) is 6.42 Å². The van der Waals surface area contributed by atoms with Crippen LogP contribution in [0.4, 0.5) is 0 Å². The Balaban J connectivity index is 2.00. The monoisotopic (exact) mass is 288 g/mol. The Hall–Kier alpha value is -2.40. The number of fused-ring (bicyclic) bond motifs is 1. The van der Waals surface area contributed by atoms with Crippen molar-refractivity contribution in [1.82, 2.24) is 0 Å². The summed E-state index contributed by atoms with van der Waals surface area (Å²) in [5.74, 6) is 0.348. The molecular weight excluding hydrogens is 272 g/mol. The largest absolute Gasteiger partial charge is 0.508 e. The van der Waals surface area contributed by atoms with Crippen molar-refractivity contribution in [3.05, 3.63) is 47.0 Å². The van der Waals surface area contributed by atoms with E-state index in [0.717, 1.165) is 5.56 Å². The van der Waals surface area contributed by atoms with E-state index in [1.165, 1.54) is 12.1 Å². The summed E-state index contributed by atoms with van der Waals surface area (Å²) in [7, 11) is 0. The maximum absolute atomic E-state index is 10.3. The summed E-state index contributed by atoms with van der Waals surface area (Å²) < 4.78 is 5.74. The SMILES string of the molecule is Cc1cc([C@H]2Oc3cc(O)cc(O)c3C[C@H]2O)ccc1O. The van der Waals surface area contributed by atoms with Gasteiger partial charge in [-0.05, 0) is 30.2 Å². The van der Waals surface area contributed by atoms with Crippen LogP contribution >= 0.6 is 0 Å². The lowest BCUT2D eigenvalue weighted by Crippen LogP contribution is -2.30. The van der Waals surface area contributed by atoms with E-state index in [1.54, 1.807) is 25.1 Å². The summed E-state index contributed by atoms with van der Waals surface area (Å²) >= 11 is 0. The fourth-order valence-electron chi connectivity index (χ4n) is 2.60. The van der Waals surface area contributed by atoms with Crippen LogP contribution in [0.3, 0.4) is 0 Å². The molecule has 0 saturated carbocycles. The van der Waals surface area contributed by atoms with Crippen molar-refractivity contribution in [3.63, 3.8) is 0 Å². The zero-order valence-electron chi connectivity index (χ0n) is 11.4. The van der Waals surface area contributed by atoms with Gasteiger partial charge >= 0.3 is 0 Å². The van der Waals surface area contributed by atoms with E-state index >= 15 is 0 Å². The van der Waals surface area contributed by atoms with Crippen LogP contribution in [-0.4, -0.2) is 26.5 Å². The molecule has 5 nitrogen and oxygen atoms in total. The molecule has 1 aliphatic rings. The van der Waals surface area contributed by atoms with Gasteiger partial charge in [0.25, 0.3) is 0 Å². The van der Waals surface area contributed by atoms with Crippen LogP contribution in [0.1, 0.15) is 22.8 Å². The minimum absolute atomic E-state index is 0.0932. The third-order valence-electron chi connectivity index (χ3n) is 3.74. The molecular formula is C16H16O5. The van der Waals surface area contributed by atoms with Gasteiger partial charge in [-0.15, -0.1) is 0 Å². The van der Waals surface area contributed by atoms with E-state index in [4.69, 9.17) is 4.74 Å². The smallest absolute Gasteiger partial charge is 0.150 e. The van der Waals surface area contributed by atoms with Gasteiger partial charge in [-0.2, -0.15) is 0 Å². The molecule has 0 radical (unpaired) electrons. The van der Waals surface area contributed by atoms with Crippen molar-refractivity contribution in [1.29, 1.82) is 0 Å². The second-order valence-corrected chi connectivity index (χ2v) is 5.30. The van der Waals surface area contributed by atoms with E-state index in [1.807, 2.05) is 0 Å². The van der Waals surface area contributed by atoms with E-state index < -0.39 is 12.2 Å². The minimum Gasteiger partial charge on any atom is -0.508 e. The predicted octanol–water partition coefficient (Wildman–Crippen LogP) is 2.15. The molecule has 0 spiro atoms. The molecule has 2 atom stereocenters. The van der Waals surface area contributed by atoms with Crippen molar-refractivity contribution >= 4 is 0 Å². The maximum Gasteiger partial charge on any atom is 0.150 e. The Bertz CT molecular complexity index is 695. The van der Waals surface area contributed by atoms with Crippen LogP contribution in [0.5, 0.6) is 23.0 Å². The van der Waals surface area contributed by atoms with Gasteiger partial charge in [-0.3, -0.25) is 0 Å². The normalized spacial score (nSPS) is 20.7. The zero-order chi connectivity index (χ0) is 15.1. The van der Waals surface area contributed by atoms with Gasteiger partial charge in [-0.25, -0.2) is 0 Å². The summed E-state index contributed by atoms with van der Waals surface area (Å²) in [6, 6.07) is 7.62. The number of hydrogen-bond donors (Lipinski definition) is 4. The Kier molecular flexibility index (Phi) is 3.14. The Labute approximate surface area is 121 Å². The lowest BCUT2D eigenvalue weighted by atomic mass is 9.93. The second-order valence-electron chi connectivity index (χ2n) is 5.30. The van der Waals surface area contributed by atoms with Crippen molar-refractivity contribution < 1.29 is 25.2 Å². The van der Waals surface area contributed by atoms with Crippen molar-refractivity contribution in [2.24, 2.45) is 0 Å². The number of aryl methyl sites for hydroxylation is 1. The highest BCUT2D eigenvalue weighted by atomic mass is 16.5. The number of aromatic hydroxyl groups is 3. The molecule has 3 rings (SSSR count). The number of aliphatic hydroxyl groups excluding tert-OH is 1. The molecule has 0 bridgehead atoms. The zero-order valence-corrected chi connectivity index (χ0v) is 11.4. The molecule has 1 aliphatic heterocycles. The summed E-state index contributed by atoms with van der Waals surface area (Å²) in [5.41, 5.74) is 1.89. The number of benzene rings is 2. The quantitative estimate of drug-likeness (QED) is 0.645. The Morgan fingerprint density at radius 3 is 2.52 bits per heavy atom. The van der Waals surface area contributed by atoms with Crippen molar-refractivity contribution in [3.8, 4) is 23.0 Å². The first-order valence-electron chi connectivity index (χ1n) is 6.65. The van der Waals surface area contributed by atoms with E-state index in [9.17, 15) is 20.4 Å². The molecule has 0 fully saturated rings. The molecule has 0 amide bonds. The first-order valence-corrected chi connectivity index (χ1v) is 6.65. The van der Waals surface area contributed by atoms with E-state index in [-0.39, 0.29) is 23.7 Å². The molecule has 0 aromatic heterocycles. The number of rotatable bonds is 1. The number of phenols is 3. The van der Waals surface area contributed by atoms with Crippen LogP contribution in [0.25, 0.3) is 0 Å². The third-order valence-corrected chi connectivity index (χ3v) is 3.74. The highest BCUT2D eigenvalue weighted by Gasteiger charge is 2.32. The summed E-state index contributed by atoms with van der Waals surface area (Å²) in [6.45, 7) is 1.76. The highest BCUT2D eigenvalue weighted by molar-refractivity contribution is 5.51. The molecule has 0 aliphatic carbocycles. The van der Waals surface area contributed by atoms with Gasteiger partial charge < -0.3 is 25.2 Å². The fraction of sp³-hybridized carbons (Fsp3) is 0.250. The van der Waals surface area contributed by atoms with Gasteiger partial charge in [0.05, 0.1) is 6.10 Å². The van der Waals surface area contributed by atoms with Crippen molar-refractivity contribution in [2.45, 2.75) is 25.6 Å². The van der Waals surface area contributed by atoms with Gasteiger partial charge in [0.2, 0.25) is 0 Å². The van der Waals surface area contributed by atoms with Crippen LogP contribution < -0.4 is 4.74 Å². The average molecular weight is 288 g/mol. The van der Waals surface area contributed by atoms with Crippen LogP contribution in [0.15, 0.2) is 30.3 Å². The second kappa shape index (κ2) is 4.86. The first-order chi connectivity index (χ1) is 9.95. The number of ether oxygens (including phenoxy) is 1.